The smallest absolute Gasteiger partial charge is 0 e. The number of hydrogen-bond acceptors (Lipinski definition) is 2. The molecule has 0 aliphatic rings. The van der Waals surface area contributed by atoms with E-state index in [9.17, 15) is 4.79 Å². The maximum atomic E-state index is 10.1. The van der Waals surface area contributed by atoms with Crippen molar-refractivity contribution in [3.8, 4) is 0 Å². The standard InChI is InChI=1S/C4H7NO2.6Rb.Rf.H/c1-5(2)4(6)7-3;;;;;;;;/h1,3H2,2H3;;;;;;;;/q-2;;;4*+1;;-1. The van der Waals surface area contributed by atoms with Crippen LogP contribution < -0.4 is 233 Å². The molecule has 0 bridgehead atoms. The van der Waals surface area contributed by atoms with Crippen LogP contribution in [0.1, 0.15) is 1.43 Å². The van der Waals surface area contributed by atoms with Gasteiger partial charge in [-0.2, -0.15) is 7.11 Å². The molecule has 0 unspecified atom stereocenters. The summed E-state index contributed by atoms with van der Waals surface area (Å²) < 4.78 is 3.99. The molecule has 0 rings (SSSR count). The van der Waals surface area contributed by atoms with Gasteiger partial charge >= 0.3 is 307 Å². The molecule has 0 heterocycles. The molecule has 0 saturated heterocycles. The zero-order valence-electron chi connectivity index (χ0n) is 11.9. The first-order chi connectivity index (χ1) is 4.18. The van der Waals surface area contributed by atoms with Crippen LogP contribution in [0, 0.1) is 14.2 Å². The van der Waals surface area contributed by atoms with Crippen LogP contribution in [-0.4, -0.2) is 85.8 Å². The molecule has 14 heavy (non-hydrogen) atoms. The fraction of sp³-hybridized carbons (Fsp3) is 0.250. The summed E-state index contributed by atoms with van der Waals surface area (Å²) in [5.74, 6) is 0. The molecule has 10 heteroatoms. The quantitative estimate of drug-likeness (QED) is 0.227. The van der Waals surface area contributed by atoms with Crippen LogP contribution in [0.3, 0.4) is 0 Å². The average molecular weight is 882 g/mol. The van der Waals surface area contributed by atoms with E-state index in [4.69, 9.17) is 0 Å². The molecule has 0 saturated carbocycles. The summed E-state index contributed by atoms with van der Waals surface area (Å²) in [6, 6.07) is 0. The van der Waals surface area contributed by atoms with Crippen LogP contribution in [-0.2, 0) is 4.74 Å². The number of hydrogen-bond donors (Lipinski definition) is 0. The molecule has 0 N–H and O–H groups in total. The minimum Gasteiger partial charge on any atom is 0 e. The monoisotopic (exact) mass is 879 g/mol. The number of nitrogens with zero attached hydrogens (tertiary/aromatic N) is 1. The Morgan fingerprint density at radius 3 is 1.50 bits per heavy atom. The molecule has 0 spiro atoms. The Balaban J connectivity index is -0.00000000965. The summed E-state index contributed by atoms with van der Waals surface area (Å²) >= 11 is 2.32. The van der Waals surface area contributed by atoms with Gasteiger partial charge in [-0.25, -0.2) is 11.8 Å². The van der Waals surface area contributed by atoms with Crippen molar-refractivity contribution in [1.29, 1.82) is 0 Å². The van der Waals surface area contributed by atoms with Gasteiger partial charge in [0.1, 0.15) is 0 Å². The van der Waals surface area contributed by atoms with Gasteiger partial charge in [0.2, 0.25) is 0 Å². The minimum atomic E-state index is -0.542. The van der Waals surface area contributed by atoms with Gasteiger partial charge in [-0.3, -0.25) is 0 Å². The van der Waals surface area contributed by atoms with Crippen LogP contribution in [0.4, 0.5) is 4.79 Å². The van der Waals surface area contributed by atoms with E-state index in [0.717, 1.165) is 72.6 Å². The molecule has 0 aromatic heterocycles. The largest absolute Gasteiger partial charge is 0 e. The third-order valence-electron chi connectivity index (χ3n) is 0.435. The molecule has 0 atom stereocenters. The Morgan fingerprint density at radius 2 is 1.50 bits per heavy atom. The van der Waals surface area contributed by atoms with Crippen LogP contribution in [0.2, 0.25) is 0 Å². The van der Waals surface area contributed by atoms with E-state index in [1.165, 1.54) is 7.05 Å². The van der Waals surface area contributed by atoms with Crippen molar-refractivity contribution >= 4 is 73.8 Å². The first kappa shape index (κ1) is 43.5. The average Bonchev–Trinajstić information content (AvgIpc) is 1.91. The molecule has 1 amide bonds. The van der Waals surface area contributed by atoms with Crippen molar-refractivity contribution in [2.45, 2.75) is 0 Å². The van der Waals surface area contributed by atoms with E-state index in [-0.39, 0.29) is 234 Å². The fourth-order valence-electron chi connectivity index (χ4n) is 0.110. The van der Waals surface area contributed by atoms with Gasteiger partial charge in [0.15, 0.2) is 0 Å². The molecule has 3 nitrogen and oxygen atoms in total. The molecule has 0 aliphatic carbocycles. The minimum absolute atomic E-state index is 0. The third kappa shape index (κ3) is 37.4. The molecular formula is C4H8NO2Rb6Rf+. The molecule has 0 aromatic carbocycles. The second-order valence-electron chi connectivity index (χ2n) is 1.11. The number of rotatable bonds is 0. The van der Waals surface area contributed by atoms with E-state index >= 15 is 0 Å². The van der Waals surface area contributed by atoms with Crippen molar-refractivity contribution in [3.05, 3.63) is 14.2 Å². The van der Waals surface area contributed by atoms with E-state index < -0.39 is 6.09 Å². The van der Waals surface area contributed by atoms with Gasteiger partial charge in [0.25, 0.3) is 0 Å². The van der Waals surface area contributed by atoms with Crippen molar-refractivity contribution < 1.29 is 244 Å². The number of carbonyl (C=O) groups excluding carboxylic acids is 1. The number of carbonyl (C=O) groups is 1. The molecule has 0 radical (unpaired) electrons. The Morgan fingerprint density at radius 1 is 1.29 bits per heavy atom. The Hall–Kier alpha value is 9.10. The molecule has 0 aliphatic heterocycles. The predicted octanol–water partition coefficient (Wildman–Crippen LogP) is -12.0. The maximum absolute atomic E-state index is 10.1. The third-order valence-corrected chi connectivity index (χ3v) is 0.435. The van der Waals surface area contributed by atoms with Crippen molar-refractivity contribution in [2.75, 3.05) is 7.05 Å². The van der Waals surface area contributed by atoms with E-state index in [0.29, 0.717) is 0 Å². The van der Waals surface area contributed by atoms with Gasteiger partial charge in [0, 0.05) is 0 Å². The Labute approximate surface area is 327 Å². The molecule has 0 fully saturated rings. The Kier molecular flexibility index (Phi) is 118. The van der Waals surface area contributed by atoms with Crippen molar-refractivity contribution in [1.82, 2.24) is 4.90 Å². The fourth-order valence-corrected chi connectivity index (χ4v) is 0.110. The second kappa shape index (κ2) is 38.0. The van der Waals surface area contributed by atoms with Crippen LogP contribution >= 0.6 is 0 Å². The van der Waals surface area contributed by atoms with Gasteiger partial charge in [-0.15, -0.1) is 0 Å². The summed E-state index contributed by atoms with van der Waals surface area (Å²) in [7, 11) is 7.58. The SMILES string of the molecule is [CH2-]OC(=O)N([CH2-])C.[H-].[Rb+].[Rb+].[Rb+].[Rb+].[Rb][Rb].[Rf]. The number of amides is 1. The molecule has 48 valence electrons. The van der Waals surface area contributed by atoms with Crippen molar-refractivity contribution in [3.63, 3.8) is 0 Å². The number of ether oxygens (including phenoxy) is 1. The van der Waals surface area contributed by atoms with E-state index in [1.54, 1.807) is 0 Å². The summed E-state index contributed by atoms with van der Waals surface area (Å²) in [5, 5.41) is 0. The van der Waals surface area contributed by atoms with Crippen molar-refractivity contribution in [2.24, 2.45) is 0 Å². The zero-order chi connectivity index (χ0) is 7.86. The van der Waals surface area contributed by atoms with Gasteiger partial charge in [-0.1, -0.05) is 0 Å². The topological polar surface area (TPSA) is 29.5 Å². The summed E-state index contributed by atoms with van der Waals surface area (Å²) in [6.07, 6.45) is -0.542. The summed E-state index contributed by atoms with van der Waals surface area (Å²) in [5.41, 5.74) is 0. The van der Waals surface area contributed by atoms with Crippen LogP contribution in [0.15, 0.2) is 0 Å². The van der Waals surface area contributed by atoms with E-state index in [1.807, 2.05) is 0 Å². The van der Waals surface area contributed by atoms with Gasteiger partial charge < -0.3 is 11.1 Å². The van der Waals surface area contributed by atoms with Gasteiger partial charge in [0.05, 0.1) is 0 Å². The Bertz CT molecular complexity index is 93.5. The first-order valence-corrected chi connectivity index (χ1v) is 36.7. The molecule has 0 aromatic rings. The van der Waals surface area contributed by atoms with Crippen LogP contribution in [0.5, 0.6) is 0 Å². The predicted molar refractivity (Wildman–Crippen MR) is 37.6 cm³/mol. The van der Waals surface area contributed by atoms with Crippen LogP contribution in [0.25, 0.3) is 0 Å². The normalized spacial score (nSPS) is 4.50. The maximum Gasteiger partial charge on any atom is 0 e. The summed E-state index contributed by atoms with van der Waals surface area (Å²) in [4.78, 5) is 11.1. The summed E-state index contributed by atoms with van der Waals surface area (Å²) in [6.45, 7) is 0. The second-order valence-corrected chi connectivity index (χ2v) is 1.11. The molecular weight excluding hydrogens is 874 g/mol. The zero-order valence-corrected chi connectivity index (χ0v) is 46.8. The van der Waals surface area contributed by atoms with Gasteiger partial charge in [-0.05, 0) is 7.05 Å². The first-order valence-electron chi connectivity index (χ1n) is 2.68. The van der Waals surface area contributed by atoms with E-state index in [2.05, 4.69) is 18.9 Å².